The fourth-order valence-corrected chi connectivity index (χ4v) is 2.55. The predicted octanol–water partition coefficient (Wildman–Crippen LogP) is 4.10. The van der Waals surface area contributed by atoms with E-state index in [1.807, 2.05) is 0 Å². The minimum Gasteiger partial charge on any atom is -0.428 e. The van der Waals surface area contributed by atoms with Gasteiger partial charge in [0.2, 0.25) is 0 Å². The number of nitrogens with one attached hydrogen (secondary N) is 1. The number of hydrogen-bond donors (Lipinski definition) is 1. The molecule has 0 radical (unpaired) electrons. The van der Waals surface area contributed by atoms with Crippen LogP contribution in [0, 0.1) is 0 Å². The van der Waals surface area contributed by atoms with Gasteiger partial charge in [0.05, 0.1) is 4.90 Å². The van der Waals surface area contributed by atoms with E-state index in [0.29, 0.717) is 0 Å². The van der Waals surface area contributed by atoms with Crippen LogP contribution < -0.4 is 10.1 Å². The van der Waals surface area contributed by atoms with E-state index in [0.717, 1.165) is 24.3 Å². The van der Waals surface area contributed by atoms with Crippen molar-refractivity contribution in [1.82, 2.24) is 0 Å². The van der Waals surface area contributed by atoms with Gasteiger partial charge in [-0.3, -0.25) is 4.79 Å². The highest BCUT2D eigenvalue weighted by atomic mass is 35.7. The molecule has 0 spiro atoms. The van der Waals surface area contributed by atoms with Crippen LogP contribution in [0.3, 0.4) is 0 Å². The van der Waals surface area contributed by atoms with Crippen LogP contribution in [0.15, 0.2) is 53.4 Å². The average Bonchev–Trinajstić information content (AvgIpc) is 2.54. The highest BCUT2D eigenvalue weighted by Gasteiger charge is 2.43. The number of rotatable bonds is 6. The number of anilines is 1. The van der Waals surface area contributed by atoms with Gasteiger partial charge in [-0.05, 0) is 48.5 Å². The van der Waals surface area contributed by atoms with Crippen molar-refractivity contribution in [2.24, 2.45) is 0 Å². The number of benzene rings is 2. The summed E-state index contributed by atoms with van der Waals surface area (Å²) in [6, 6.07) is 9.04. The lowest BCUT2D eigenvalue weighted by molar-refractivity contribution is -0.253. The average molecular weight is 412 g/mol. The Kier molecular flexibility index (Phi) is 5.77. The molecule has 1 amide bonds. The first kappa shape index (κ1) is 20.0. The van der Waals surface area contributed by atoms with Crippen molar-refractivity contribution in [3.63, 3.8) is 0 Å². The Morgan fingerprint density at radius 2 is 1.58 bits per heavy atom. The number of alkyl halides is 4. The molecule has 0 bridgehead atoms. The highest BCUT2D eigenvalue weighted by Crippen LogP contribution is 2.27. The molecule has 0 aliphatic heterocycles. The van der Waals surface area contributed by atoms with Gasteiger partial charge in [0.25, 0.3) is 15.0 Å². The van der Waals surface area contributed by atoms with Crippen molar-refractivity contribution in [1.29, 1.82) is 0 Å². The second kappa shape index (κ2) is 7.50. The van der Waals surface area contributed by atoms with Crippen LogP contribution in [0.1, 0.15) is 10.4 Å². The summed E-state index contributed by atoms with van der Waals surface area (Å²) >= 11 is 0. The van der Waals surface area contributed by atoms with E-state index in [1.165, 1.54) is 24.3 Å². The lowest BCUT2D eigenvalue weighted by Gasteiger charge is -2.16. The summed E-state index contributed by atoms with van der Waals surface area (Å²) < 4.78 is 75.8. The quantitative estimate of drug-likeness (QED) is 0.573. The van der Waals surface area contributed by atoms with E-state index < -0.39 is 33.2 Å². The third kappa shape index (κ3) is 5.09. The first-order valence-corrected chi connectivity index (χ1v) is 9.11. The molecule has 1 N–H and O–H groups in total. The molecule has 0 aromatic heterocycles. The van der Waals surface area contributed by atoms with Crippen molar-refractivity contribution < 1.29 is 35.5 Å². The first-order valence-electron chi connectivity index (χ1n) is 6.80. The summed E-state index contributed by atoms with van der Waals surface area (Å²) in [6.07, 6.45) is -8.64. The Balaban J connectivity index is 2.06. The second-order valence-corrected chi connectivity index (χ2v) is 7.47. The van der Waals surface area contributed by atoms with Gasteiger partial charge in [-0.15, -0.1) is 0 Å². The third-order valence-electron chi connectivity index (χ3n) is 3.02. The van der Waals surface area contributed by atoms with Crippen LogP contribution in [0.25, 0.3) is 0 Å². The van der Waals surface area contributed by atoms with Crippen molar-refractivity contribution in [3.8, 4) is 5.75 Å². The maximum Gasteiger partial charge on any atom is 0.461 e. The first-order chi connectivity index (χ1) is 12.0. The summed E-state index contributed by atoms with van der Waals surface area (Å²) in [5.41, 5.74) is 0.287. The van der Waals surface area contributed by atoms with E-state index in [1.54, 1.807) is 0 Å². The predicted molar refractivity (Wildman–Crippen MR) is 85.5 cm³/mol. The summed E-state index contributed by atoms with van der Waals surface area (Å²) in [7, 11) is 1.27. The summed E-state index contributed by atoms with van der Waals surface area (Å²) in [5, 5.41) is 2.44. The monoisotopic (exact) mass is 411 g/mol. The summed E-state index contributed by atoms with van der Waals surface area (Å²) in [5.74, 6) is -1.18. The van der Waals surface area contributed by atoms with Gasteiger partial charge in [0.1, 0.15) is 5.75 Å². The normalized spacial score (nSPS) is 12.1. The van der Waals surface area contributed by atoms with Crippen LogP contribution in [-0.2, 0) is 9.05 Å². The van der Waals surface area contributed by atoms with Crippen LogP contribution in [0.2, 0.25) is 0 Å². The molecule has 0 saturated heterocycles. The van der Waals surface area contributed by atoms with Gasteiger partial charge in [0, 0.05) is 21.9 Å². The fraction of sp³-hybridized carbons (Fsp3) is 0.133. The number of ether oxygens (including phenoxy) is 1. The highest BCUT2D eigenvalue weighted by molar-refractivity contribution is 8.13. The van der Waals surface area contributed by atoms with Gasteiger partial charge in [-0.1, -0.05) is 0 Å². The molecule has 0 saturated carbocycles. The zero-order valence-corrected chi connectivity index (χ0v) is 14.2. The van der Waals surface area contributed by atoms with Gasteiger partial charge in [-0.2, -0.15) is 17.6 Å². The molecule has 26 heavy (non-hydrogen) atoms. The SMILES string of the molecule is O=C(Nc1ccc(S(=O)(=O)Cl)cc1)c1ccc(OC(F)(F)C(F)F)cc1. The molecule has 11 heteroatoms. The molecule has 5 nitrogen and oxygen atoms in total. The molecular formula is C15H10ClF4NO4S. The molecule has 0 fully saturated rings. The molecule has 0 aliphatic rings. The van der Waals surface area contributed by atoms with Crippen molar-refractivity contribution >= 4 is 31.3 Å². The Morgan fingerprint density at radius 3 is 2.04 bits per heavy atom. The van der Waals surface area contributed by atoms with Gasteiger partial charge < -0.3 is 10.1 Å². The smallest absolute Gasteiger partial charge is 0.428 e. The molecule has 0 heterocycles. The van der Waals surface area contributed by atoms with Crippen molar-refractivity contribution in [2.75, 3.05) is 5.32 Å². The van der Waals surface area contributed by atoms with Gasteiger partial charge >= 0.3 is 12.5 Å². The minimum absolute atomic E-state index is 0.0340. The molecule has 2 aromatic rings. The fourth-order valence-electron chi connectivity index (χ4n) is 1.78. The lowest BCUT2D eigenvalue weighted by Crippen LogP contribution is -2.33. The van der Waals surface area contributed by atoms with Crippen LogP contribution in [0.5, 0.6) is 5.75 Å². The maximum atomic E-state index is 12.8. The van der Waals surface area contributed by atoms with E-state index >= 15 is 0 Å². The zero-order chi connectivity index (χ0) is 19.5. The number of carbonyl (C=O) groups excluding carboxylic acids is 1. The zero-order valence-electron chi connectivity index (χ0n) is 12.6. The largest absolute Gasteiger partial charge is 0.461 e. The standard InChI is InChI=1S/C15H10ClF4NO4S/c16-26(23,24)12-7-3-10(4-8-12)21-13(22)9-1-5-11(6-2-9)25-15(19,20)14(17)18/h1-8,14H,(H,21,22). The maximum absolute atomic E-state index is 12.8. The third-order valence-corrected chi connectivity index (χ3v) is 4.39. The minimum atomic E-state index is -4.64. The van der Waals surface area contributed by atoms with Crippen LogP contribution in [-0.4, -0.2) is 26.9 Å². The summed E-state index contributed by atoms with van der Waals surface area (Å²) in [6.45, 7) is 0. The lowest BCUT2D eigenvalue weighted by atomic mass is 10.2. The second-order valence-electron chi connectivity index (χ2n) is 4.91. The Morgan fingerprint density at radius 1 is 1.04 bits per heavy atom. The van der Waals surface area contributed by atoms with Gasteiger partial charge in [0.15, 0.2) is 0 Å². The van der Waals surface area contributed by atoms with Gasteiger partial charge in [-0.25, -0.2) is 8.42 Å². The molecule has 0 atom stereocenters. The van der Waals surface area contributed by atoms with Crippen molar-refractivity contribution in [2.45, 2.75) is 17.4 Å². The van der Waals surface area contributed by atoms with E-state index in [9.17, 15) is 30.8 Å². The number of carbonyl (C=O) groups is 1. The number of amides is 1. The van der Waals surface area contributed by atoms with Crippen molar-refractivity contribution in [3.05, 3.63) is 54.1 Å². The Labute approximate surface area is 150 Å². The van der Waals surface area contributed by atoms with Crippen LogP contribution in [0.4, 0.5) is 23.2 Å². The van der Waals surface area contributed by atoms with E-state index in [-0.39, 0.29) is 16.1 Å². The molecule has 0 unspecified atom stereocenters. The number of hydrogen-bond acceptors (Lipinski definition) is 4. The molecule has 2 rings (SSSR count). The Bertz CT molecular complexity index is 887. The molecular weight excluding hydrogens is 402 g/mol. The Hall–Kier alpha value is -2.33. The van der Waals surface area contributed by atoms with E-state index in [4.69, 9.17) is 10.7 Å². The van der Waals surface area contributed by atoms with Crippen LogP contribution >= 0.6 is 10.7 Å². The molecule has 2 aromatic carbocycles. The number of halogens is 5. The summed E-state index contributed by atoms with van der Waals surface area (Å²) in [4.78, 5) is 11.9. The van der Waals surface area contributed by atoms with E-state index in [2.05, 4.69) is 10.1 Å². The topological polar surface area (TPSA) is 72.5 Å². The molecule has 0 aliphatic carbocycles. The molecule has 140 valence electrons.